The van der Waals surface area contributed by atoms with Crippen molar-refractivity contribution in [2.45, 2.75) is 13.0 Å². The number of nitrogens with one attached hydrogen (secondary N) is 1. The molecule has 7 heteroatoms. The molecule has 2 N–H and O–H groups in total. The first-order valence-corrected chi connectivity index (χ1v) is 6.79. The van der Waals surface area contributed by atoms with E-state index in [-0.39, 0.29) is 5.82 Å². The van der Waals surface area contributed by atoms with E-state index in [1.807, 2.05) is 0 Å². The van der Waals surface area contributed by atoms with Gasteiger partial charge in [0, 0.05) is 11.4 Å². The highest BCUT2D eigenvalue weighted by Gasteiger charge is 2.34. The second-order valence-corrected chi connectivity index (χ2v) is 5.21. The average molecular weight is 284 g/mol. The molecule has 2 rings (SSSR count). The Kier molecular flexibility index (Phi) is 3.94. The lowest BCUT2D eigenvalue weighted by Crippen LogP contribution is -2.44. The lowest BCUT2D eigenvalue weighted by molar-refractivity contribution is -0.140. The quantitative estimate of drug-likeness (QED) is 0.873. The highest BCUT2D eigenvalue weighted by atomic mass is 32.2. The van der Waals surface area contributed by atoms with Crippen molar-refractivity contribution in [1.29, 1.82) is 0 Å². The maximum Gasteiger partial charge on any atom is 0.327 e. The number of anilines is 1. The molecule has 102 valence electrons. The molecule has 2 amide bonds. The monoisotopic (exact) mass is 284 g/mol. The van der Waals surface area contributed by atoms with Crippen LogP contribution in [0.15, 0.2) is 18.2 Å². The van der Waals surface area contributed by atoms with Crippen molar-refractivity contribution in [3.05, 3.63) is 29.6 Å². The van der Waals surface area contributed by atoms with Crippen molar-refractivity contribution < 1.29 is 19.1 Å². The van der Waals surface area contributed by atoms with Gasteiger partial charge in [-0.1, -0.05) is 0 Å². The van der Waals surface area contributed by atoms with Crippen molar-refractivity contribution in [2.24, 2.45) is 0 Å². The molecule has 0 aliphatic carbocycles. The Morgan fingerprint density at radius 2 is 2.26 bits per heavy atom. The van der Waals surface area contributed by atoms with Crippen LogP contribution in [0.1, 0.15) is 5.56 Å². The van der Waals surface area contributed by atoms with Crippen molar-refractivity contribution in [3.8, 4) is 0 Å². The lowest BCUT2D eigenvalue weighted by atomic mass is 10.2. The summed E-state index contributed by atoms with van der Waals surface area (Å²) in [6.45, 7) is 1.67. The van der Waals surface area contributed by atoms with Crippen LogP contribution in [0, 0.1) is 12.7 Å². The Hall–Kier alpha value is -1.76. The minimum absolute atomic E-state index is 0.336. The summed E-state index contributed by atoms with van der Waals surface area (Å²) in [7, 11) is 0. The van der Waals surface area contributed by atoms with Crippen LogP contribution in [-0.2, 0) is 4.79 Å². The van der Waals surface area contributed by atoms with E-state index in [0.717, 1.165) is 0 Å². The van der Waals surface area contributed by atoms with Crippen molar-refractivity contribution in [2.75, 3.05) is 16.9 Å². The maximum atomic E-state index is 12.9. The van der Waals surface area contributed by atoms with Gasteiger partial charge in [-0.25, -0.2) is 14.0 Å². The van der Waals surface area contributed by atoms with E-state index in [1.165, 1.54) is 34.9 Å². The van der Waals surface area contributed by atoms with Gasteiger partial charge >= 0.3 is 12.0 Å². The molecule has 0 radical (unpaired) electrons. The SMILES string of the molecule is Cc1cc(F)ccc1NC(=O)N1CSC[C@H]1C(=O)O. The van der Waals surface area contributed by atoms with Gasteiger partial charge in [-0.2, -0.15) is 0 Å². The molecule has 1 heterocycles. The number of carboxylic acids is 1. The van der Waals surface area contributed by atoms with E-state index in [0.29, 0.717) is 22.9 Å². The maximum absolute atomic E-state index is 12.9. The van der Waals surface area contributed by atoms with Crippen LogP contribution in [0.2, 0.25) is 0 Å². The van der Waals surface area contributed by atoms with Gasteiger partial charge in [-0.05, 0) is 30.7 Å². The number of nitrogens with zero attached hydrogens (tertiary/aromatic N) is 1. The van der Waals surface area contributed by atoms with Gasteiger partial charge in [0.25, 0.3) is 0 Å². The topological polar surface area (TPSA) is 69.6 Å². The van der Waals surface area contributed by atoms with Crippen LogP contribution in [0.25, 0.3) is 0 Å². The Morgan fingerprint density at radius 1 is 1.53 bits per heavy atom. The summed E-state index contributed by atoms with van der Waals surface area (Å²) in [5, 5.41) is 11.6. The summed E-state index contributed by atoms with van der Waals surface area (Å²) >= 11 is 1.39. The zero-order valence-electron chi connectivity index (χ0n) is 10.2. The number of hydrogen-bond donors (Lipinski definition) is 2. The molecule has 1 aromatic carbocycles. The largest absolute Gasteiger partial charge is 0.480 e. The minimum Gasteiger partial charge on any atom is -0.480 e. The average Bonchev–Trinajstić information content (AvgIpc) is 2.82. The zero-order valence-corrected chi connectivity index (χ0v) is 11.0. The van der Waals surface area contributed by atoms with Crippen LogP contribution in [0.4, 0.5) is 14.9 Å². The summed E-state index contributed by atoms with van der Waals surface area (Å²) < 4.78 is 12.9. The molecule has 0 unspecified atom stereocenters. The van der Waals surface area contributed by atoms with Crippen molar-refractivity contribution in [3.63, 3.8) is 0 Å². The molecule has 0 spiro atoms. The predicted molar refractivity (Wildman–Crippen MR) is 70.7 cm³/mol. The molecular weight excluding hydrogens is 271 g/mol. The Balaban J connectivity index is 2.10. The molecular formula is C12H13FN2O3S. The number of carboxylic acid groups (broad SMARTS) is 1. The molecule has 0 bridgehead atoms. The van der Waals surface area contributed by atoms with Crippen molar-refractivity contribution in [1.82, 2.24) is 4.90 Å². The minimum atomic E-state index is -1.02. The molecule has 5 nitrogen and oxygen atoms in total. The first kappa shape index (κ1) is 13.7. The first-order valence-electron chi connectivity index (χ1n) is 5.63. The van der Waals surface area contributed by atoms with Gasteiger partial charge in [0.2, 0.25) is 0 Å². The fraction of sp³-hybridized carbons (Fsp3) is 0.333. The summed E-state index contributed by atoms with van der Waals surface area (Å²) in [5.41, 5.74) is 1.07. The number of carbonyl (C=O) groups excluding carboxylic acids is 1. The highest BCUT2D eigenvalue weighted by molar-refractivity contribution is 7.99. The van der Waals surface area contributed by atoms with Gasteiger partial charge < -0.3 is 15.3 Å². The fourth-order valence-electron chi connectivity index (χ4n) is 1.80. The number of urea groups is 1. The molecule has 1 saturated heterocycles. The summed E-state index contributed by atoms with van der Waals surface area (Å²) in [6.07, 6.45) is 0. The lowest BCUT2D eigenvalue weighted by Gasteiger charge is -2.21. The van der Waals surface area contributed by atoms with E-state index in [1.54, 1.807) is 6.92 Å². The third-order valence-electron chi connectivity index (χ3n) is 2.86. The third kappa shape index (κ3) is 2.98. The van der Waals surface area contributed by atoms with E-state index >= 15 is 0 Å². The number of hydrogen-bond acceptors (Lipinski definition) is 3. The molecule has 1 atom stereocenters. The zero-order chi connectivity index (χ0) is 14.0. The van der Waals surface area contributed by atoms with Gasteiger partial charge in [0.1, 0.15) is 11.9 Å². The number of thioether (sulfide) groups is 1. The summed E-state index contributed by atoms with van der Waals surface area (Å²) in [6, 6.07) is 2.72. The van der Waals surface area contributed by atoms with Crippen LogP contribution in [-0.4, -0.2) is 39.7 Å². The fourth-order valence-corrected chi connectivity index (χ4v) is 2.95. The number of carbonyl (C=O) groups is 2. The number of halogens is 1. The van der Waals surface area contributed by atoms with Gasteiger partial charge in [-0.15, -0.1) is 11.8 Å². The Labute approximate surface area is 113 Å². The van der Waals surface area contributed by atoms with E-state index < -0.39 is 18.0 Å². The molecule has 1 aliphatic heterocycles. The normalized spacial score (nSPS) is 18.4. The number of aliphatic carboxylic acids is 1. The van der Waals surface area contributed by atoms with E-state index in [2.05, 4.69) is 5.32 Å². The number of amides is 2. The number of benzene rings is 1. The van der Waals surface area contributed by atoms with Crippen LogP contribution in [0.5, 0.6) is 0 Å². The van der Waals surface area contributed by atoms with Crippen LogP contribution in [0.3, 0.4) is 0 Å². The highest BCUT2D eigenvalue weighted by Crippen LogP contribution is 2.23. The van der Waals surface area contributed by atoms with E-state index in [9.17, 15) is 14.0 Å². The van der Waals surface area contributed by atoms with Gasteiger partial charge in [0.05, 0.1) is 5.88 Å². The molecule has 0 saturated carbocycles. The molecule has 0 aromatic heterocycles. The molecule has 1 fully saturated rings. The standard InChI is InChI=1S/C12H13FN2O3S/c1-7-4-8(13)2-3-9(7)14-12(18)15-6-19-5-10(15)11(16)17/h2-4,10H,5-6H2,1H3,(H,14,18)(H,16,17)/t10-/m0/s1. The summed E-state index contributed by atoms with van der Waals surface area (Å²) in [4.78, 5) is 24.3. The number of rotatable bonds is 2. The van der Waals surface area contributed by atoms with Crippen molar-refractivity contribution >= 4 is 29.4 Å². The molecule has 19 heavy (non-hydrogen) atoms. The third-order valence-corrected chi connectivity index (χ3v) is 3.87. The van der Waals surface area contributed by atoms with Crippen LogP contribution < -0.4 is 5.32 Å². The van der Waals surface area contributed by atoms with Gasteiger partial charge in [0.15, 0.2) is 0 Å². The molecule has 1 aromatic rings. The van der Waals surface area contributed by atoms with Gasteiger partial charge in [-0.3, -0.25) is 0 Å². The smallest absolute Gasteiger partial charge is 0.327 e. The predicted octanol–water partition coefficient (Wildman–Crippen LogP) is 2.13. The second kappa shape index (κ2) is 5.48. The summed E-state index contributed by atoms with van der Waals surface area (Å²) in [5.74, 6) is -0.680. The molecule has 1 aliphatic rings. The Morgan fingerprint density at radius 3 is 2.89 bits per heavy atom. The Bertz CT molecular complexity index is 524. The van der Waals surface area contributed by atoms with Crippen LogP contribution >= 0.6 is 11.8 Å². The second-order valence-electron chi connectivity index (χ2n) is 4.21. The number of aryl methyl sites for hydroxylation is 1. The first-order chi connectivity index (χ1) is 8.99. The van der Waals surface area contributed by atoms with E-state index in [4.69, 9.17) is 5.11 Å².